The van der Waals surface area contributed by atoms with E-state index in [4.69, 9.17) is 54.3 Å². The molecule has 0 N–H and O–H groups in total. The van der Waals surface area contributed by atoms with Gasteiger partial charge in [-0.2, -0.15) is 0 Å². The lowest BCUT2D eigenvalue weighted by molar-refractivity contribution is 0.322. The second-order valence-electron chi connectivity index (χ2n) is 15.7. The maximum Gasteiger partial charge on any atom is 0.460 e. The summed E-state index contributed by atoms with van der Waals surface area (Å²) in [6, 6.07) is 53.0. The molecule has 67 heavy (non-hydrogen) atoms. The van der Waals surface area contributed by atoms with E-state index in [0.29, 0.717) is 40.2 Å². The molecule has 7 aromatic carbocycles. The van der Waals surface area contributed by atoms with Crippen LogP contribution in [0.2, 0.25) is 0 Å². The van der Waals surface area contributed by atoms with Crippen molar-refractivity contribution in [2.75, 3.05) is 6.61 Å². The summed E-state index contributed by atoms with van der Waals surface area (Å²) in [6.45, 7) is 15.5. The van der Waals surface area contributed by atoms with Crippen LogP contribution in [0.1, 0.15) is 45.9 Å². The van der Waals surface area contributed by atoms with E-state index in [9.17, 15) is 0 Å². The summed E-state index contributed by atoms with van der Waals surface area (Å²) in [5, 5.41) is 0. The lowest BCUT2D eigenvalue weighted by Crippen LogP contribution is -2.11. The van der Waals surface area contributed by atoms with Crippen LogP contribution in [-0.4, -0.2) is 6.61 Å². The van der Waals surface area contributed by atoms with E-state index in [2.05, 4.69) is 0 Å². The van der Waals surface area contributed by atoms with Gasteiger partial charge in [-0.25, -0.2) is 0 Å². The first-order valence-electron chi connectivity index (χ1n) is 21.8. The summed E-state index contributed by atoms with van der Waals surface area (Å²) in [7, 11) is -17.4. The van der Waals surface area contributed by atoms with Gasteiger partial charge in [-0.3, -0.25) is 4.52 Å². The van der Waals surface area contributed by atoms with Gasteiger partial charge in [-0.15, -0.1) is 9.03 Å². The Labute approximate surface area is 394 Å². The highest BCUT2D eigenvalue weighted by atomic mass is 31.3. The van der Waals surface area contributed by atoms with E-state index in [0.717, 1.165) is 38.9 Å². The second kappa shape index (κ2) is 20.5. The van der Waals surface area contributed by atoms with Crippen LogP contribution >= 0.6 is 30.6 Å². The van der Waals surface area contributed by atoms with Crippen molar-refractivity contribution in [3.8, 4) is 40.2 Å². The predicted octanol–water partition coefficient (Wildman–Crippen LogP) is 17.5. The van der Waals surface area contributed by atoms with Crippen molar-refractivity contribution in [2.24, 2.45) is 18.1 Å². The largest absolute Gasteiger partial charge is 0.460 e. The summed E-state index contributed by atoms with van der Waals surface area (Å²) < 4.78 is 80.4. The van der Waals surface area contributed by atoms with Crippen LogP contribution in [0.15, 0.2) is 188 Å². The van der Waals surface area contributed by atoms with Gasteiger partial charge in [0.15, 0.2) is 0 Å². The number of nitrogens with zero attached hydrogens (tertiary/aromatic N) is 4. The molecular formula is C51H54N4O8P4. The number of para-hydroxylation sites is 7. The van der Waals surface area contributed by atoms with E-state index < -0.39 is 30.6 Å². The minimum absolute atomic E-state index is 0.0792. The fourth-order valence-corrected chi connectivity index (χ4v) is 19.3. The zero-order valence-electron chi connectivity index (χ0n) is 38.7. The van der Waals surface area contributed by atoms with Crippen molar-refractivity contribution in [3.05, 3.63) is 209 Å². The molecule has 16 heteroatoms. The molecule has 1 aliphatic heterocycles. The molecule has 1 unspecified atom stereocenters. The third kappa shape index (κ3) is 11.2. The highest BCUT2D eigenvalue weighted by Gasteiger charge is 2.49. The fraction of sp³-hybridized carbons (Fsp3) is 0.176. The van der Waals surface area contributed by atoms with Crippen LogP contribution in [0.25, 0.3) is 0 Å². The number of hydrogen-bond donors (Lipinski definition) is 0. The first-order chi connectivity index (χ1) is 32.3. The number of benzene rings is 7. The van der Waals surface area contributed by atoms with Gasteiger partial charge in [0.2, 0.25) is 0 Å². The zero-order valence-corrected chi connectivity index (χ0v) is 42.3. The lowest BCUT2D eigenvalue weighted by atomic mass is 10.2. The van der Waals surface area contributed by atoms with Crippen molar-refractivity contribution in [1.82, 2.24) is 0 Å². The molecule has 8 rings (SSSR count). The van der Waals surface area contributed by atoms with Gasteiger partial charge < -0.3 is 31.7 Å². The highest BCUT2D eigenvalue weighted by molar-refractivity contribution is 7.79. The van der Waals surface area contributed by atoms with Gasteiger partial charge in [0.1, 0.15) is 40.2 Å². The Morgan fingerprint density at radius 1 is 0.269 bits per heavy atom. The molecule has 0 bridgehead atoms. The molecular weight excluding hydrogens is 920 g/mol. The van der Waals surface area contributed by atoms with Gasteiger partial charge in [-0.05, 0) is 137 Å². The van der Waals surface area contributed by atoms with Crippen LogP contribution in [-0.2, 0) is 4.52 Å². The van der Waals surface area contributed by atoms with E-state index in [1.54, 1.807) is 0 Å². The van der Waals surface area contributed by atoms with E-state index in [1.165, 1.54) is 0 Å². The Morgan fingerprint density at radius 2 is 0.433 bits per heavy atom. The molecule has 1 aliphatic rings. The van der Waals surface area contributed by atoms with Crippen LogP contribution in [0, 0.1) is 48.5 Å². The van der Waals surface area contributed by atoms with Gasteiger partial charge >= 0.3 is 30.6 Å². The van der Waals surface area contributed by atoms with Crippen molar-refractivity contribution in [3.63, 3.8) is 0 Å². The molecule has 1 heterocycles. The summed E-state index contributed by atoms with van der Waals surface area (Å²) in [4.78, 5) is 0. The first kappa shape index (κ1) is 47.5. The number of hydrogen-bond acceptors (Lipinski definition) is 12. The van der Waals surface area contributed by atoms with E-state index in [-0.39, 0.29) is 6.61 Å². The van der Waals surface area contributed by atoms with Crippen LogP contribution in [0.5, 0.6) is 40.2 Å². The first-order valence-corrected chi connectivity index (χ1v) is 27.9. The molecule has 12 nitrogen and oxygen atoms in total. The summed E-state index contributed by atoms with van der Waals surface area (Å²) >= 11 is 0. The van der Waals surface area contributed by atoms with E-state index in [1.807, 2.05) is 225 Å². The van der Waals surface area contributed by atoms with E-state index >= 15 is 0 Å². The predicted molar refractivity (Wildman–Crippen MR) is 272 cm³/mol. The van der Waals surface area contributed by atoms with Gasteiger partial charge in [0, 0.05) is 0 Å². The molecule has 7 aromatic rings. The van der Waals surface area contributed by atoms with Crippen molar-refractivity contribution >= 4 is 30.6 Å². The summed E-state index contributed by atoms with van der Waals surface area (Å²) in [5.41, 5.74) is 5.50. The Hall–Kier alpha value is -5.98. The lowest BCUT2D eigenvalue weighted by Gasteiger charge is -2.34. The minimum Gasteiger partial charge on any atom is -0.422 e. The molecule has 0 amide bonds. The molecule has 1 atom stereocenters. The Bertz CT molecular complexity index is 2910. The average molecular weight is 975 g/mol. The Kier molecular flexibility index (Phi) is 14.5. The molecule has 346 valence electrons. The second-order valence-corrected chi connectivity index (χ2v) is 24.1. The van der Waals surface area contributed by atoms with Gasteiger partial charge in [0.05, 0.1) is 6.61 Å². The van der Waals surface area contributed by atoms with Crippen molar-refractivity contribution < 1.29 is 36.2 Å². The molecule has 0 radical (unpaired) electrons. The maximum absolute atomic E-state index is 7.32. The van der Waals surface area contributed by atoms with Crippen LogP contribution < -0.4 is 31.7 Å². The molecule has 0 aromatic heterocycles. The van der Waals surface area contributed by atoms with Crippen LogP contribution in [0.3, 0.4) is 0 Å². The summed E-state index contributed by atoms with van der Waals surface area (Å²) in [5.74, 6) is 3.02. The fourth-order valence-electron chi connectivity index (χ4n) is 6.71. The number of aryl methyl sites for hydroxylation is 7. The highest BCUT2D eigenvalue weighted by Crippen LogP contribution is 2.80. The van der Waals surface area contributed by atoms with Crippen LogP contribution in [0.4, 0.5) is 0 Å². The Morgan fingerprint density at radius 3 is 0.627 bits per heavy atom. The molecule has 0 fully saturated rings. The standard InChI is InChI=1S/C51H54N4O8P4/c1-9-56-64(57-45-31-17-10-24-38(45)2)52-65(58-46-32-18-11-25-39(46)3,59-47-33-19-12-26-40(47)4)54-67(62-50-36-22-15-29-43(50)7,63-51-37-23-16-30-44(51)8)55-66(53-64,60-48-34-20-13-27-41(48)5)61-49-35-21-14-28-42(49)6/h10-37H,9H2,1-8H3. The SMILES string of the molecule is CCOP1(Oc2ccccc2C)=NP(Oc2ccccc2C)(Oc2ccccc2C)=NP(Oc2ccccc2C)(Oc2ccccc2C)=NP(Oc2ccccc2C)(Oc2ccccc2C)=N1. The Balaban J connectivity index is 1.63. The van der Waals surface area contributed by atoms with Gasteiger partial charge in [-0.1, -0.05) is 136 Å². The average Bonchev–Trinajstić information content (AvgIpc) is 3.29. The monoisotopic (exact) mass is 974 g/mol. The smallest absolute Gasteiger partial charge is 0.422 e. The molecule has 0 spiro atoms. The maximum atomic E-state index is 7.32. The third-order valence-electron chi connectivity index (χ3n) is 10.4. The molecule has 0 aliphatic carbocycles. The zero-order chi connectivity index (χ0) is 47.1. The quantitative estimate of drug-likeness (QED) is 0.0877. The van der Waals surface area contributed by atoms with Gasteiger partial charge in [0.25, 0.3) is 0 Å². The minimum atomic E-state index is -4.41. The summed E-state index contributed by atoms with van der Waals surface area (Å²) in [6.07, 6.45) is 0. The molecule has 0 saturated carbocycles. The van der Waals surface area contributed by atoms with Crippen molar-refractivity contribution in [1.29, 1.82) is 0 Å². The number of rotatable bonds is 16. The topological polar surface area (TPSA) is 123 Å². The van der Waals surface area contributed by atoms with Crippen molar-refractivity contribution in [2.45, 2.75) is 55.4 Å². The third-order valence-corrected chi connectivity index (χ3v) is 21.2. The normalized spacial score (nSPS) is 16.8. The molecule has 0 saturated heterocycles.